The molecule has 2 aromatic heterocycles. The lowest BCUT2D eigenvalue weighted by Gasteiger charge is -2.12. The number of nitrogens with zero attached hydrogens (tertiary/aromatic N) is 3. The zero-order valence-electron chi connectivity index (χ0n) is 12.8. The number of benzene rings is 1. The average molecular weight is 370 g/mol. The molecule has 2 N–H and O–H groups in total. The Morgan fingerprint density at radius 3 is 2.70 bits per heavy atom. The Balaban J connectivity index is 2.01. The van der Waals surface area contributed by atoms with E-state index in [0.717, 1.165) is 32.8 Å². The molecule has 0 amide bonds. The summed E-state index contributed by atoms with van der Waals surface area (Å²) in [5.74, 6) is 1.28. The first-order chi connectivity index (χ1) is 11.2. The molecule has 0 spiro atoms. The second-order valence-corrected chi connectivity index (χ2v) is 5.85. The predicted octanol–water partition coefficient (Wildman–Crippen LogP) is 4.39. The Bertz CT molecular complexity index is 820. The maximum absolute atomic E-state index is 4.49. The van der Waals surface area contributed by atoms with Crippen molar-refractivity contribution in [3.63, 3.8) is 0 Å². The highest BCUT2D eigenvalue weighted by Gasteiger charge is 2.08. The van der Waals surface area contributed by atoms with Crippen LogP contribution in [0.25, 0.3) is 11.3 Å². The van der Waals surface area contributed by atoms with Crippen molar-refractivity contribution in [3.05, 3.63) is 58.8 Å². The summed E-state index contributed by atoms with van der Waals surface area (Å²) in [7, 11) is 1.80. The molecular formula is C17H16BrN5. The van der Waals surface area contributed by atoms with Crippen molar-refractivity contribution in [2.45, 2.75) is 6.92 Å². The molecule has 0 aliphatic carbocycles. The molecule has 0 aliphatic rings. The second-order valence-electron chi connectivity index (χ2n) is 4.99. The first-order valence-corrected chi connectivity index (χ1v) is 7.96. The molecule has 5 nitrogen and oxygen atoms in total. The molecule has 6 heteroatoms. The van der Waals surface area contributed by atoms with E-state index in [4.69, 9.17) is 0 Å². The molecule has 0 saturated heterocycles. The van der Waals surface area contributed by atoms with Crippen LogP contribution in [0.1, 0.15) is 5.56 Å². The molecule has 0 atom stereocenters. The van der Waals surface area contributed by atoms with Gasteiger partial charge in [0.1, 0.15) is 5.82 Å². The monoisotopic (exact) mass is 369 g/mol. The first-order valence-electron chi connectivity index (χ1n) is 7.17. The summed E-state index contributed by atoms with van der Waals surface area (Å²) in [6, 6.07) is 11.8. The van der Waals surface area contributed by atoms with Gasteiger partial charge >= 0.3 is 0 Å². The largest absolute Gasteiger partial charge is 0.357 e. The van der Waals surface area contributed by atoms with Gasteiger partial charge in [-0.3, -0.25) is 4.98 Å². The molecule has 116 valence electrons. The van der Waals surface area contributed by atoms with Crippen LogP contribution in [0.4, 0.5) is 17.5 Å². The van der Waals surface area contributed by atoms with Gasteiger partial charge in [0.2, 0.25) is 5.95 Å². The minimum atomic E-state index is 0.557. The van der Waals surface area contributed by atoms with Crippen LogP contribution >= 0.6 is 15.9 Å². The Morgan fingerprint density at radius 1 is 1.09 bits per heavy atom. The first kappa shape index (κ1) is 15.4. The Hall–Kier alpha value is -2.47. The van der Waals surface area contributed by atoms with Crippen molar-refractivity contribution < 1.29 is 0 Å². The number of pyridine rings is 1. The zero-order chi connectivity index (χ0) is 16.2. The van der Waals surface area contributed by atoms with Crippen molar-refractivity contribution in [1.29, 1.82) is 0 Å². The van der Waals surface area contributed by atoms with Gasteiger partial charge in [-0.2, -0.15) is 4.98 Å². The molecule has 23 heavy (non-hydrogen) atoms. The van der Waals surface area contributed by atoms with Crippen LogP contribution in [0, 0.1) is 6.92 Å². The highest BCUT2D eigenvalue weighted by molar-refractivity contribution is 9.10. The third kappa shape index (κ3) is 3.48. The summed E-state index contributed by atoms with van der Waals surface area (Å²) >= 11 is 3.55. The summed E-state index contributed by atoms with van der Waals surface area (Å²) in [6.07, 6.45) is 3.53. The topological polar surface area (TPSA) is 62.7 Å². The van der Waals surface area contributed by atoms with Crippen LogP contribution < -0.4 is 10.6 Å². The second kappa shape index (κ2) is 6.75. The van der Waals surface area contributed by atoms with Crippen LogP contribution in [0.5, 0.6) is 0 Å². The summed E-state index contributed by atoms with van der Waals surface area (Å²) in [5, 5.41) is 6.35. The number of aromatic nitrogens is 3. The van der Waals surface area contributed by atoms with E-state index in [1.54, 1.807) is 19.4 Å². The maximum atomic E-state index is 4.49. The highest BCUT2D eigenvalue weighted by Crippen LogP contribution is 2.27. The van der Waals surface area contributed by atoms with Gasteiger partial charge in [-0.15, -0.1) is 0 Å². The fourth-order valence-corrected chi connectivity index (χ4v) is 2.53. The minimum absolute atomic E-state index is 0.557. The Kier molecular flexibility index (Phi) is 4.52. The van der Waals surface area contributed by atoms with Gasteiger partial charge in [0.05, 0.1) is 5.69 Å². The van der Waals surface area contributed by atoms with Crippen LogP contribution in [0.3, 0.4) is 0 Å². The van der Waals surface area contributed by atoms with Crippen molar-refractivity contribution in [2.75, 3.05) is 17.7 Å². The normalized spacial score (nSPS) is 10.4. The van der Waals surface area contributed by atoms with Crippen LogP contribution in [-0.2, 0) is 0 Å². The van der Waals surface area contributed by atoms with E-state index in [9.17, 15) is 0 Å². The quantitative estimate of drug-likeness (QED) is 0.713. The van der Waals surface area contributed by atoms with E-state index in [2.05, 4.69) is 48.4 Å². The van der Waals surface area contributed by atoms with E-state index >= 15 is 0 Å². The van der Waals surface area contributed by atoms with E-state index in [1.165, 1.54) is 0 Å². The van der Waals surface area contributed by atoms with Crippen LogP contribution in [-0.4, -0.2) is 22.0 Å². The van der Waals surface area contributed by atoms with E-state index in [1.807, 2.05) is 36.4 Å². The highest BCUT2D eigenvalue weighted by atomic mass is 79.9. The van der Waals surface area contributed by atoms with Crippen LogP contribution in [0.2, 0.25) is 0 Å². The number of rotatable bonds is 4. The smallest absolute Gasteiger partial charge is 0.224 e. The molecule has 3 aromatic rings. The lowest BCUT2D eigenvalue weighted by molar-refractivity contribution is 1.15. The SMILES string of the molecule is CNc1nc(Nc2cccc(Br)c2C)cc(-c2cccnc2)n1. The fourth-order valence-electron chi connectivity index (χ4n) is 2.17. The van der Waals surface area contributed by atoms with E-state index < -0.39 is 0 Å². The number of hydrogen-bond acceptors (Lipinski definition) is 5. The fraction of sp³-hybridized carbons (Fsp3) is 0.118. The van der Waals surface area contributed by atoms with Crippen molar-refractivity contribution in [2.24, 2.45) is 0 Å². The maximum Gasteiger partial charge on any atom is 0.224 e. The molecule has 1 aromatic carbocycles. The minimum Gasteiger partial charge on any atom is -0.357 e. The van der Waals surface area contributed by atoms with Gasteiger partial charge in [0.25, 0.3) is 0 Å². The van der Waals surface area contributed by atoms with Gasteiger partial charge in [-0.05, 0) is 36.8 Å². The van der Waals surface area contributed by atoms with Gasteiger partial charge in [0.15, 0.2) is 0 Å². The molecule has 0 saturated carbocycles. The van der Waals surface area contributed by atoms with Crippen molar-refractivity contribution in [3.8, 4) is 11.3 Å². The Labute approximate surface area is 143 Å². The molecule has 0 fully saturated rings. The lowest BCUT2D eigenvalue weighted by Crippen LogP contribution is -2.03. The van der Waals surface area contributed by atoms with Crippen molar-refractivity contribution in [1.82, 2.24) is 15.0 Å². The summed E-state index contributed by atoms with van der Waals surface area (Å²) < 4.78 is 1.05. The zero-order valence-corrected chi connectivity index (χ0v) is 14.4. The predicted molar refractivity (Wildman–Crippen MR) is 97.0 cm³/mol. The van der Waals surface area contributed by atoms with Gasteiger partial charge in [0, 0.05) is 41.2 Å². The average Bonchev–Trinajstić information content (AvgIpc) is 2.59. The summed E-state index contributed by atoms with van der Waals surface area (Å²) in [4.78, 5) is 13.1. The molecule has 0 unspecified atom stereocenters. The number of nitrogens with one attached hydrogen (secondary N) is 2. The molecule has 0 radical (unpaired) electrons. The van der Waals surface area contributed by atoms with Crippen molar-refractivity contribution >= 4 is 33.4 Å². The van der Waals surface area contributed by atoms with Gasteiger partial charge in [-0.1, -0.05) is 22.0 Å². The van der Waals surface area contributed by atoms with Gasteiger partial charge in [-0.25, -0.2) is 4.98 Å². The third-order valence-electron chi connectivity index (χ3n) is 3.44. The molecular weight excluding hydrogens is 354 g/mol. The molecule has 2 heterocycles. The van der Waals surface area contributed by atoms with Crippen LogP contribution in [0.15, 0.2) is 53.3 Å². The van der Waals surface area contributed by atoms with E-state index in [0.29, 0.717) is 5.95 Å². The number of anilines is 3. The molecule has 0 bridgehead atoms. The lowest BCUT2D eigenvalue weighted by atomic mass is 10.2. The number of hydrogen-bond donors (Lipinski definition) is 2. The number of halogens is 1. The molecule has 3 rings (SSSR count). The molecule has 0 aliphatic heterocycles. The Morgan fingerprint density at radius 2 is 1.96 bits per heavy atom. The third-order valence-corrected chi connectivity index (χ3v) is 4.30. The van der Waals surface area contributed by atoms with E-state index in [-0.39, 0.29) is 0 Å². The van der Waals surface area contributed by atoms with Gasteiger partial charge < -0.3 is 10.6 Å². The summed E-state index contributed by atoms with van der Waals surface area (Å²) in [6.45, 7) is 2.05. The summed E-state index contributed by atoms with van der Waals surface area (Å²) in [5.41, 5.74) is 3.88. The standard InChI is InChI=1S/C17H16BrN5/c1-11-13(18)6-3-7-14(11)21-16-9-15(22-17(19-2)23-16)12-5-4-8-20-10-12/h3-10H,1-2H3,(H2,19,21,22,23).